The lowest BCUT2D eigenvalue weighted by molar-refractivity contribution is -0.125. The van der Waals surface area contributed by atoms with Crippen LogP contribution in [0.2, 0.25) is 0 Å². The lowest BCUT2D eigenvalue weighted by Gasteiger charge is -2.32. The van der Waals surface area contributed by atoms with E-state index < -0.39 is 6.04 Å². The molecule has 0 spiro atoms. The molecule has 2 unspecified atom stereocenters. The molecule has 3 nitrogen and oxygen atoms in total. The molecule has 16 heavy (non-hydrogen) atoms. The van der Waals surface area contributed by atoms with Crippen LogP contribution in [0.4, 0.5) is 0 Å². The molecule has 0 aromatic heterocycles. The fourth-order valence-electron chi connectivity index (χ4n) is 2.25. The topological polar surface area (TPSA) is 55.1 Å². The fourth-order valence-corrected chi connectivity index (χ4v) is 2.25. The molecule has 1 saturated carbocycles. The van der Waals surface area contributed by atoms with Gasteiger partial charge in [0.2, 0.25) is 5.91 Å². The van der Waals surface area contributed by atoms with E-state index in [0.29, 0.717) is 0 Å². The second-order valence-corrected chi connectivity index (χ2v) is 6.79. The third-order valence-corrected chi connectivity index (χ3v) is 3.79. The second-order valence-electron chi connectivity index (χ2n) is 6.79. The molecule has 1 fully saturated rings. The number of nitrogens with one attached hydrogen (secondary N) is 1. The zero-order valence-electron chi connectivity index (χ0n) is 11.3. The van der Waals surface area contributed by atoms with Crippen molar-refractivity contribution in [2.24, 2.45) is 16.6 Å². The summed E-state index contributed by atoms with van der Waals surface area (Å²) in [6, 6.07) is -0.141. The van der Waals surface area contributed by atoms with Gasteiger partial charge >= 0.3 is 0 Å². The first-order valence-corrected chi connectivity index (χ1v) is 6.20. The summed E-state index contributed by atoms with van der Waals surface area (Å²) in [6.45, 7) is 10.4. The molecule has 0 radical (unpaired) electrons. The smallest absolute Gasteiger partial charge is 0.237 e. The van der Waals surface area contributed by atoms with Crippen molar-refractivity contribution in [1.82, 2.24) is 5.32 Å². The number of carbonyl (C=O) groups is 1. The van der Waals surface area contributed by atoms with E-state index in [1.807, 2.05) is 20.8 Å². The van der Waals surface area contributed by atoms with Crippen LogP contribution in [0.3, 0.4) is 0 Å². The van der Waals surface area contributed by atoms with Crippen LogP contribution in [0, 0.1) is 10.8 Å². The van der Waals surface area contributed by atoms with Gasteiger partial charge in [0, 0.05) is 6.04 Å². The predicted molar refractivity (Wildman–Crippen MR) is 67.0 cm³/mol. The number of rotatable bonds is 2. The van der Waals surface area contributed by atoms with Crippen molar-refractivity contribution in [2.45, 2.75) is 66.0 Å². The van der Waals surface area contributed by atoms with Gasteiger partial charge in [-0.3, -0.25) is 4.79 Å². The van der Waals surface area contributed by atoms with E-state index in [2.05, 4.69) is 19.2 Å². The lowest BCUT2D eigenvalue weighted by atomic mass is 9.84. The molecular formula is C13H26N2O. The minimum absolute atomic E-state index is 0.00697. The summed E-state index contributed by atoms with van der Waals surface area (Å²) >= 11 is 0. The Morgan fingerprint density at radius 2 is 2.00 bits per heavy atom. The van der Waals surface area contributed by atoms with Gasteiger partial charge < -0.3 is 11.1 Å². The van der Waals surface area contributed by atoms with Crippen LogP contribution >= 0.6 is 0 Å². The molecule has 94 valence electrons. The number of amides is 1. The minimum Gasteiger partial charge on any atom is -0.351 e. The maximum atomic E-state index is 12.0. The first-order valence-electron chi connectivity index (χ1n) is 6.20. The molecule has 1 rings (SSSR count). The van der Waals surface area contributed by atoms with Crippen LogP contribution in [0.25, 0.3) is 0 Å². The van der Waals surface area contributed by atoms with E-state index >= 15 is 0 Å². The van der Waals surface area contributed by atoms with Crippen molar-refractivity contribution in [1.29, 1.82) is 0 Å². The number of hydrogen-bond acceptors (Lipinski definition) is 2. The molecule has 1 aliphatic rings. The Morgan fingerprint density at radius 3 is 2.38 bits per heavy atom. The van der Waals surface area contributed by atoms with Crippen molar-refractivity contribution in [2.75, 3.05) is 0 Å². The van der Waals surface area contributed by atoms with Crippen LogP contribution in [-0.4, -0.2) is 18.0 Å². The van der Waals surface area contributed by atoms with Crippen LogP contribution in [0.1, 0.15) is 53.9 Å². The highest BCUT2D eigenvalue weighted by molar-refractivity contribution is 5.82. The Kier molecular flexibility index (Phi) is 3.68. The standard InChI is InChI=1S/C13H26N2O/c1-12(2,3)10(14)11(16)15-9-7-6-8-13(9,4)5/h9-10H,6-8,14H2,1-5H3,(H,15,16). The van der Waals surface area contributed by atoms with E-state index in [-0.39, 0.29) is 22.8 Å². The van der Waals surface area contributed by atoms with Crippen molar-refractivity contribution in [3.8, 4) is 0 Å². The van der Waals surface area contributed by atoms with Gasteiger partial charge in [0.05, 0.1) is 6.04 Å². The summed E-state index contributed by atoms with van der Waals surface area (Å²) in [5.41, 5.74) is 5.99. The van der Waals surface area contributed by atoms with Gasteiger partial charge in [0.15, 0.2) is 0 Å². The van der Waals surface area contributed by atoms with Crippen molar-refractivity contribution in [3.05, 3.63) is 0 Å². The quantitative estimate of drug-likeness (QED) is 0.757. The summed E-state index contributed by atoms with van der Waals surface area (Å²) in [4.78, 5) is 12.0. The third-order valence-electron chi connectivity index (χ3n) is 3.79. The van der Waals surface area contributed by atoms with Gasteiger partial charge in [-0.15, -0.1) is 0 Å². The molecule has 0 saturated heterocycles. The molecule has 3 N–H and O–H groups in total. The largest absolute Gasteiger partial charge is 0.351 e. The normalized spacial score (nSPS) is 26.5. The molecular weight excluding hydrogens is 200 g/mol. The van der Waals surface area contributed by atoms with Gasteiger partial charge in [-0.25, -0.2) is 0 Å². The monoisotopic (exact) mass is 226 g/mol. The summed E-state index contributed by atoms with van der Waals surface area (Å²) in [5, 5.41) is 3.11. The molecule has 0 aromatic rings. The number of carbonyl (C=O) groups excluding carboxylic acids is 1. The lowest BCUT2D eigenvalue weighted by Crippen LogP contribution is -2.53. The maximum Gasteiger partial charge on any atom is 0.237 e. The Morgan fingerprint density at radius 1 is 1.44 bits per heavy atom. The number of nitrogens with two attached hydrogens (primary N) is 1. The van der Waals surface area contributed by atoms with Crippen LogP contribution in [0.15, 0.2) is 0 Å². The zero-order chi connectivity index (χ0) is 12.6. The van der Waals surface area contributed by atoms with Gasteiger partial charge in [-0.2, -0.15) is 0 Å². The highest BCUT2D eigenvalue weighted by Gasteiger charge is 2.37. The molecule has 0 aromatic carbocycles. The van der Waals surface area contributed by atoms with Crippen LogP contribution < -0.4 is 11.1 Å². The van der Waals surface area contributed by atoms with Gasteiger partial charge in [0.25, 0.3) is 0 Å². The predicted octanol–water partition coefficient (Wildman–Crippen LogP) is 2.05. The molecule has 1 aliphatic carbocycles. The fraction of sp³-hybridized carbons (Fsp3) is 0.923. The third kappa shape index (κ3) is 2.97. The van der Waals surface area contributed by atoms with E-state index in [1.165, 1.54) is 12.8 Å². The molecule has 1 amide bonds. The molecule has 0 aliphatic heterocycles. The van der Waals surface area contributed by atoms with Crippen LogP contribution in [0.5, 0.6) is 0 Å². The second kappa shape index (κ2) is 4.36. The van der Waals surface area contributed by atoms with E-state index in [0.717, 1.165) is 6.42 Å². The summed E-state index contributed by atoms with van der Waals surface area (Å²) in [7, 11) is 0. The molecule has 3 heteroatoms. The molecule has 2 atom stereocenters. The van der Waals surface area contributed by atoms with Crippen LogP contribution in [-0.2, 0) is 4.79 Å². The average Bonchev–Trinajstić information content (AvgIpc) is 2.43. The van der Waals surface area contributed by atoms with Gasteiger partial charge in [-0.05, 0) is 23.7 Å². The number of hydrogen-bond donors (Lipinski definition) is 2. The van der Waals surface area contributed by atoms with Gasteiger partial charge in [0.1, 0.15) is 0 Å². The molecule has 0 heterocycles. The van der Waals surface area contributed by atoms with Crippen molar-refractivity contribution in [3.63, 3.8) is 0 Å². The first-order chi connectivity index (χ1) is 7.14. The van der Waals surface area contributed by atoms with Gasteiger partial charge in [-0.1, -0.05) is 41.0 Å². The van der Waals surface area contributed by atoms with E-state index in [9.17, 15) is 4.79 Å². The first kappa shape index (κ1) is 13.5. The summed E-state index contributed by atoms with van der Waals surface area (Å²) in [5.74, 6) is -0.00697. The Bertz CT molecular complexity index is 266. The SMILES string of the molecule is CC(C)(C)C(N)C(=O)NC1CCCC1(C)C. The zero-order valence-corrected chi connectivity index (χ0v) is 11.3. The van der Waals surface area contributed by atoms with E-state index in [4.69, 9.17) is 5.73 Å². The van der Waals surface area contributed by atoms with Crippen molar-refractivity contribution < 1.29 is 4.79 Å². The van der Waals surface area contributed by atoms with Crippen molar-refractivity contribution >= 4 is 5.91 Å². The Labute approximate surface area is 99.2 Å². The minimum atomic E-state index is -0.427. The average molecular weight is 226 g/mol. The highest BCUT2D eigenvalue weighted by Crippen LogP contribution is 2.37. The Balaban J connectivity index is 2.58. The summed E-state index contributed by atoms with van der Waals surface area (Å²) in [6.07, 6.45) is 3.46. The maximum absolute atomic E-state index is 12.0. The van der Waals surface area contributed by atoms with E-state index in [1.54, 1.807) is 0 Å². The highest BCUT2D eigenvalue weighted by atomic mass is 16.2. The Hall–Kier alpha value is -0.570. The molecule has 0 bridgehead atoms. The summed E-state index contributed by atoms with van der Waals surface area (Å²) < 4.78 is 0.